The van der Waals surface area contributed by atoms with Gasteiger partial charge in [-0.2, -0.15) is 0 Å². The molecule has 2 N–H and O–H groups in total. The summed E-state index contributed by atoms with van der Waals surface area (Å²) in [4.78, 5) is 33.0. The van der Waals surface area contributed by atoms with E-state index in [1.807, 2.05) is 0 Å². The molecule has 0 aliphatic heterocycles. The molecule has 0 fully saturated rings. The van der Waals surface area contributed by atoms with Crippen LogP contribution in [0.2, 0.25) is 0 Å². The zero-order chi connectivity index (χ0) is 16.8. The third kappa shape index (κ3) is 11.3. The number of aliphatic carboxylic acids is 2. The van der Waals surface area contributed by atoms with Gasteiger partial charge >= 0.3 is 11.9 Å². The Labute approximate surface area is 133 Å². The summed E-state index contributed by atoms with van der Waals surface area (Å²) in [7, 11) is 0. The first-order chi connectivity index (χ1) is 10.5. The number of Topliss-reactive ketones (excluding diaryl/α,β-unsaturated/α-hetero) is 1. The van der Waals surface area contributed by atoms with E-state index in [2.05, 4.69) is 6.92 Å². The Morgan fingerprint density at radius 3 is 1.64 bits per heavy atom. The molecule has 0 aromatic carbocycles. The fraction of sp³-hybridized carbons (Fsp3) is 0.824. The Morgan fingerprint density at radius 2 is 1.18 bits per heavy atom. The minimum Gasteiger partial charge on any atom is -0.481 e. The highest BCUT2D eigenvalue weighted by Gasteiger charge is 2.24. The number of unbranched alkanes of at least 4 members (excludes halogenated alkanes) is 7. The SMILES string of the molecule is CCCCCCCC(=O)CCCCCCC(C(=O)O)C(=O)O. The van der Waals surface area contributed by atoms with Gasteiger partial charge in [-0.1, -0.05) is 51.9 Å². The van der Waals surface area contributed by atoms with E-state index in [1.165, 1.54) is 19.3 Å². The van der Waals surface area contributed by atoms with E-state index in [4.69, 9.17) is 10.2 Å². The van der Waals surface area contributed by atoms with Crippen molar-refractivity contribution in [3.05, 3.63) is 0 Å². The van der Waals surface area contributed by atoms with Crippen LogP contribution in [0.5, 0.6) is 0 Å². The molecule has 0 amide bonds. The second kappa shape index (κ2) is 13.3. The third-order valence-corrected chi connectivity index (χ3v) is 3.85. The van der Waals surface area contributed by atoms with Crippen LogP contribution in [0.15, 0.2) is 0 Å². The molecule has 128 valence electrons. The van der Waals surface area contributed by atoms with Gasteiger partial charge in [0.2, 0.25) is 0 Å². The fourth-order valence-corrected chi connectivity index (χ4v) is 2.43. The average molecular weight is 314 g/mol. The van der Waals surface area contributed by atoms with Gasteiger partial charge < -0.3 is 10.2 Å². The van der Waals surface area contributed by atoms with Crippen molar-refractivity contribution in [1.82, 2.24) is 0 Å². The minimum absolute atomic E-state index is 0.163. The van der Waals surface area contributed by atoms with Crippen LogP contribution in [-0.4, -0.2) is 27.9 Å². The van der Waals surface area contributed by atoms with E-state index >= 15 is 0 Å². The van der Waals surface area contributed by atoms with Gasteiger partial charge in [-0.25, -0.2) is 0 Å². The molecule has 0 aromatic heterocycles. The van der Waals surface area contributed by atoms with Gasteiger partial charge in [0.25, 0.3) is 0 Å². The summed E-state index contributed by atoms with van der Waals surface area (Å²) in [5.74, 6) is -3.54. The van der Waals surface area contributed by atoms with Crippen LogP contribution in [0, 0.1) is 5.92 Å². The summed E-state index contributed by atoms with van der Waals surface area (Å²) in [6.45, 7) is 2.17. The number of hydrogen-bond donors (Lipinski definition) is 2. The number of hydrogen-bond acceptors (Lipinski definition) is 3. The van der Waals surface area contributed by atoms with E-state index < -0.39 is 17.9 Å². The second-order valence-corrected chi connectivity index (χ2v) is 5.88. The number of rotatable bonds is 15. The van der Waals surface area contributed by atoms with Crippen molar-refractivity contribution in [2.75, 3.05) is 0 Å². The Hall–Kier alpha value is -1.39. The summed E-state index contributed by atoms with van der Waals surface area (Å²) < 4.78 is 0. The minimum atomic E-state index is -1.30. The maximum atomic E-state index is 11.6. The Kier molecular flexibility index (Phi) is 12.4. The first-order valence-electron chi connectivity index (χ1n) is 8.46. The van der Waals surface area contributed by atoms with E-state index in [-0.39, 0.29) is 6.42 Å². The molecule has 0 spiro atoms. The molecular weight excluding hydrogens is 284 g/mol. The lowest BCUT2D eigenvalue weighted by Gasteiger charge is -2.06. The molecular formula is C17H30O5. The summed E-state index contributed by atoms with van der Waals surface area (Å²) in [5, 5.41) is 17.5. The predicted octanol–water partition coefficient (Wildman–Crippen LogP) is 4.04. The Morgan fingerprint density at radius 1 is 0.727 bits per heavy atom. The summed E-state index contributed by atoms with van der Waals surface area (Å²) in [6, 6.07) is 0. The number of carboxylic acid groups (broad SMARTS) is 2. The van der Waals surface area contributed by atoms with Crippen molar-refractivity contribution in [3.63, 3.8) is 0 Å². The molecule has 0 rings (SSSR count). The predicted molar refractivity (Wildman–Crippen MR) is 84.8 cm³/mol. The number of ketones is 1. The zero-order valence-corrected chi connectivity index (χ0v) is 13.7. The molecule has 0 radical (unpaired) electrons. The van der Waals surface area contributed by atoms with Crippen LogP contribution in [-0.2, 0) is 14.4 Å². The lowest BCUT2D eigenvalue weighted by atomic mass is 9.99. The lowest BCUT2D eigenvalue weighted by molar-refractivity contribution is -0.154. The number of carboxylic acids is 2. The molecule has 0 aliphatic carbocycles. The number of carbonyl (C=O) groups excluding carboxylic acids is 1. The first-order valence-corrected chi connectivity index (χ1v) is 8.46. The highest BCUT2D eigenvalue weighted by atomic mass is 16.4. The van der Waals surface area contributed by atoms with Gasteiger partial charge in [-0.15, -0.1) is 0 Å². The molecule has 0 saturated carbocycles. The molecule has 0 bridgehead atoms. The standard InChI is InChI=1S/C17H30O5/c1-2-3-4-5-8-11-14(18)12-9-6-7-10-13-15(16(19)20)17(21)22/h15H,2-13H2,1H3,(H,19,20)(H,21,22). The zero-order valence-electron chi connectivity index (χ0n) is 13.7. The molecule has 0 heterocycles. The maximum absolute atomic E-state index is 11.6. The van der Waals surface area contributed by atoms with Crippen LogP contribution in [0.4, 0.5) is 0 Å². The molecule has 0 unspecified atom stereocenters. The van der Waals surface area contributed by atoms with E-state index in [9.17, 15) is 14.4 Å². The molecule has 0 aliphatic rings. The van der Waals surface area contributed by atoms with Gasteiger partial charge in [-0.05, 0) is 19.3 Å². The van der Waals surface area contributed by atoms with Crippen molar-refractivity contribution >= 4 is 17.7 Å². The lowest BCUT2D eigenvalue weighted by Crippen LogP contribution is -2.23. The molecule has 0 saturated heterocycles. The van der Waals surface area contributed by atoms with Gasteiger partial charge in [0.15, 0.2) is 5.92 Å². The quantitative estimate of drug-likeness (QED) is 0.351. The van der Waals surface area contributed by atoms with Crippen molar-refractivity contribution in [3.8, 4) is 0 Å². The van der Waals surface area contributed by atoms with Crippen LogP contribution >= 0.6 is 0 Å². The van der Waals surface area contributed by atoms with Gasteiger partial charge in [0.1, 0.15) is 5.78 Å². The monoisotopic (exact) mass is 314 g/mol. The van der Waals surface area contributed by atoms with Gasteiger partial charge in [0, 0.05) is 12.8 Å². The largest absolute Gasteiger partial charge is 0.481 e. The van der Waals surface area contributed by atoms with E-state index in [0.717, 1.165) is 32.1 Å². The normalized spacial score (nSPS) is 10.8. The van der Waals surface area contributed by atoms with Crippen LogP contribution in [0.25, 0.3) is 0 Å². The molecule has 0 aromatic rings. The van der Waals surface area contributed by atoms with Crippen molar-refractivity contribution in [2.24, 2.45) is 5.92 Å². The van der Waals surface area contributed by atoms with Crippen LogP contribution in [0.3, 0.4) is 0 Å². The van der Waals surface area contributed by atoms with Crippen molar-refractivity contribution in [1.29, 1.82) is 0 Å². The van der Waals surface area contributed by atoms with E-state index in [1.54, 1.807) is 0 Å². The van der Waals surface area contributed by atoms with Crippen LogP contribution < -0.4 is 0 Å². The average Bonchev–Trinajstić information content (AvgIpc) is 2.45. The summed E-state index contributed by atoms with van der Waals surface area (Å²) in [5.41, 5.74) is 0. The molecule has 22 heavy (non-hydrogen) atoms. The smallest absolute Gasteiger partial charge is 0.317 e. The number of carbonyl (C=O) groups is 3. The summed E-state index contributed by atoms with van der Waals surface area (Å²) >= 11 is 0. The highest BCUT2D eigenvalue weighted by Crippen LogP contribution is 2.13. The molecule has 5 heteroatoms. The Balaban J connectivity index is 3.50. The maximum Gasteiger partial charge on any atom is 0.317 e. The highest BCUT2D eigenvalue weighted by molar-refractivity contribution is 5.92. The Bertz CT molecular complexity index is 324. The first kappa shape index (κ1) is 20.6. The van der Waals surface area contributed by atoms with E-state index in [0.29, 0.717) is 25.0 Å². The van der Waals surface area contributed by atoms with Crippen LogP contribution in [0.1, 0.15) is 84.0 Å². The van der Waals surface area contributed by atoms with Crippen molar-refractivity contribution in [2.45, 2.75) is 84.0 Å². The fourth-order valence-electron chi connectivity index (χ4n) is 2.43. The third-order valence-electron chi connectivity index (χ3n) is 3.85. The topological polar surface area (TPSA) is 91.7 Å². The van der Waals surface area contributed by atoms with Gasteiger partial charge in [0.05, 0.1) is 0 Å². The molecule has 0 atom stereocenters. The van der Waals surface area contributed by atoms with Gasteiger partial charge in [-0.3, -0.25) is 14.4 Å². The summed E-state index contributed by atoms with van der Waals surface area (Å²) in [6.07, 6.45) is 10.2. The second-order valence-electron chi connectivity index (χ2n) is 5.88. The van der Waals surface area contributed by atoms with Crippen molar-refractivity contribution < 1.29 is 24.6 Å². The molecule has 5 nitrogen and oxygen atoms in total.